The summed E-state index contributed by atoms with van der Waals surface area (Å²) in [5, 5.41) is 0. The zero-order valence-electron chi connectivity index (χ0n) is 15.0. The highest BCUT2D eigenvalue weighted by molar-refractivity contribution is 9.10. The third-order valence-electron chi connectivity index (χ3n) is 4.76. The number of pyridine rings is 1. The van der Waals surface area contributed by atoms with Crippen molar-refractivity contribution in [3.8, 4) is 0 Å². The molecule has 0 spiro atoms. The van der Waals surface area contributed by atoms with Gasteiger partial charge in [0.1, 0.15) is 11.9 Å². The summed E-state index contributed by atoms with van der Waals surface area (Å²) < 4.78 is 20.1. The monoisotopic (exact) mass is 430 g/mol. The molecule has 140 valence electrons. The number of likely N-dealkylation sites (N-methyl/N-ethyl adjacent to an activating group) is 1. The Morgan fingerprint density at radius 2 is 2.04 bits per heavy atom. The number of hydrogen-bond acceptors (Lipinski definition) is 5. The number of halogens is 2. The molecule has 2 aliphatic rings. The highest BCUT2D eigenvalue weighted by Crippen LogP contribution is 2.30. The Bertz CT molecular complexity index is 887. The molecule has 2 aromatic rings. The maximum absolute atomic E-state index is 13.4. The van der Waals surface area contributed by atoms with Crippen LogP contribution >= 0.6 is 15.9 Å². The molecule has 1 aromatic carbocycles. The molecule has 1 unspecified atom stereocenters. The summed E-state index contributed by atoms with van der Waals surface area (Å²) in [4.78, 5) is 13.3. The Labute approximate surface area is 166 Å². The van der Waals surface area contributed by atoms with Crippen molar-refractivity contribution in [2.75, 3.05) is 33.3 Å². The predicted molar refractivity (Wildman–Crippen MR) is 107 cm³/mol. The lowest BCUT2D eigenvalue weighted by atomic mass is 10.1. The maximum Gasteiger partial charge on any atom is 0.202 e. The Morgan fingerprint density at radius 3 is 2.81 bits per heavy atom. The molecule has 5 nitrogen and oxygen atoms in total. The first-order valence-corrected chi connectivity index (χ1v) is 9.63. The fourth-order valence-electron chi connectivity index (χ4n) is 3.34. The first kappa shape index (κ1) is 18.1. The van der Waals surface area contributed by atoms with Crippen molar-refractivity contribution in [3.05, 3.63) is 70.2 Å². The molecular formula is C20H20BrFN4O. The van der Waals surface area contributed by atoms with Crippen LogP contribution in [0, 0.1) is 5.82 Å². The third-order valence-corrected chi connectivity index (χ3v) is 5.44. The van der Waals surface area contributed by atoms with Gasteiger partial charge in [-0.25, -0.2) is 9.38 Å². The van der Waals surface area contributed by atoms with Gasteiger partial charge in [-0.1, -0.05) is 22.0 Å². The largest absolute Gasteiger partial charge is 0.370 e. The van der Waals surface area contributed by atoms with Crippen molar-refractivity contribution < 1.29 is 9.13 Å². The minimum atomic E-state index is -0.262. The van der Waals surface area contributed by atoms with Crippen molar-refractivity contribution in [2.45, 2.75) is 6.10 Å². The van der Waals surface area contributed by atoms with Crippen LogP contribution in [0.3, 0.4) is 0 Å². The van der Waals surface area contributed by atoms with Gasteiger partial charge in [0.05, 0.1) is 18.8 Å². The van der Waals surface area contributed by atoms with E-state index in [1.807, 2.05) is 19.2 Å². The molecule has 27 heavy (non-hydrogen) atoms. The summed E-state index contributed by atoms with van der Waals surface area (Å²) in [6, 6.07) is 8.66. The Balaban J connectivity index is 1.58. The van der Waals surface area contributed by atoms with E-state index in [-0.39, 0.29) is 11.9 Å². The predicted octanol–water partition coefficient (Wildman–Crippen LogP) is 3.70. The number of nitrogens with zero attached hydrogens (tertiary/aromatic N) is 4. The van der Waals surface area contributed by atoms with Crippen LogP contribution < -0.4 is 0 Å². The van der Waals surface area contributed by atoms with Gasteiger partial charge in [0.15, 0.2) is 0 Å². The Kier molecular flexibility index (Phi) is 5.22. The lowest BCUT2D eigenvalue weighted by Gasteiger charge is -2.39. The third kappa shape index (κ3) is 3.89. The van der Waals surface area contributed by atoms with E-state index in [0.29, 0.717) is 13.2 Å². The molecule has 1 aromatic heterocycles. The molecule has 0 bridgehead atoms. The fraction of sp³-hybridized carbons (Fsp3) is 0.300. The maximum atomic E-state index is 13.4. The van der Waals surface area contributed by atoms with E-state index in [9.17, 15) is 4.39 Å². The average molecular weight is 431 g/mol. The number of ether oxygens (including phenoxy) is 1. The number of benzene rings is 1. The number of aromatic nitrogens is 1. The van der Waals surface area contributed by atoms with E-state index >= 15 is 0 Å². The lowest BCUT2D eigenvalue weighted by molar-refractivity contribution is -0.0105. The quantitative estimate of drug-likeness (QED) is 0.728. The van der Waals surface area contributed by atoms with Crippen LogP contribution in [0.4, 0.5) is 4.39 Å². The van der Waals surface area contributed by atoms with Crippen LogP contribution in [0.25, 0.3) is 5.70 Å². The normalized spacial score (nSPS) is 20.3. The van der Waals surface area contributed by atoms with Gasteiger partial charge in [0.2, 0.25) is 5.96 Å². The second-order valence-corrected chi connectivity index (χ2v) is 7.44. The van der Waals surface area contributed by atoms with Gasteiger partial charge in [-0.3, -0.25) is 4.98 Å². The first-order valence-electron chi connectivity index (χ1n) is 8.83. The van der Waals surface area contributed by atoms with Crippen LogP contribution in [0.15, 0.2) is 58.3 Å². The van der Waals surface area contributed by atoms with Crippen molar-refractivity contribution in [2.24, 2.45) is 4.99 Å². The van der Waals surface area contributed by atoms with Crippen molar-refractivity contribution in [1.82, 2.24) is 14.8 Å². The molecule has 7 heteroatoms. The van der Waals surface area contributed by atoms with Crippen LogP contribution in [0.1, 0.15) is 17.2 Å². The highest BCUT2D eigenvalue weighted by Gasteiger charge is 2.28. The number of hydrogen-bond donors (Lipinski definition) is 0. The molecule has 4 rings (SSSR count). The van der Waals surface area contributed by atoms with Gasteiger partial charge in [0, 0.05) is 42.6 Å². The topological polar surface area (TPSA) is 41.0 Å². The molecule has 1 fully saturated rings. The summed E-state index contributed by atoms with van der Waals surface area (Å²) in [5.41, 5.74) is 2.96. The minimum Gasteiger partial charge on any atom is -0.370 e. The standard InChI is InChI=1S/C20H20BrFN4O/c1-25-9-6-18(14-4-7-23-8-5-14)24-20(25)26-10-11-27-19(13-26)16-3-2-15(22)12-17(16)21/h2-8,12,19H,9-11,13H2,1H3. The second kappa shape index (κ2) is 7.78. The van der Waals surface area contributed by atoms with Crippen LogP contribution in [-0.2, 0) is 4.74 Å². The van der Waals surface area contributed by atoms with E-state index in [1.54, 1.807) is 18.5 Å². The van der Waals surface area contributed by atoms with Gasteiger partial charge in [-0.2, -0.15) is 0 Å². The smallest absolute Gasteiger partial charge is 0.202 e. The highest BCUT2D eigenvalue weighted by atomic mass is 79.9. The summed E-state index contributed by atoms with van der Waals surface area (Å²) in [7, 11) is 2.04. The van der Waals surface area contributed by atoms with Gasteiger partial charge in [-0.15, -0.1) is 0 Å². The van der Waals surface area contributed by atoms with Crippen molar-refractivity contribution in [1.29, 1.82) is 0 Å². The zero-order chi connectivity index (χ0) is 18.8. The summed E-state index contributed by atoms with van der Waals surface area (Å²) in [6.45, 7) is 2.81. The number of aliphatic imine (C=N–C) groups is 1. The summed E-state index contributed by atoms with van der Waals surface area (Å²) >= 11 is 3.46. The minimum absolute atomic E-state index is 0.139. The van der Waals surface area contributed by atoms with E-state index in [4.69, 9.17) is 9.73 Å². The van der Waals surface area contributed by atoms with E-state index in [2.05, 4.69) is 36.8 Å². The number of morpholine rings is 1. The molecule has 0 aliphatic carbocycles. The summed E-state index contributed by atoms with van der Waals surface area (Å²) in [5.74, 6) is 0.664. The molecular weight excluding hydrogens is 411 g/mol. The fourth-order valence-corrected chi connectivity index (χ4v) is 3.95. The second-order valence-electron chi connectivity index (χ2n) is 6.59. The Morgan fingerprint density at radius 1 is 1.22 bits per heavy atom. The first-order chi connectivity index (χ1) is 13.1. The molecule has 0 N–H and O–H groups in total. The Hall–Kier alpha value is -2.25. The van der Waals surface area contributed by atoms with E-state index < -0.39 is 0 Å². The lowest BCUT2D eigenvalue weighted by Crippen LogP contribution is -2.49. The number of guanidine groups is 1. The average Bonchev–Trinajstić information content (AvgIpc) is 2.69. The zero-order valence-corrected chi connectivity index (χ0v) is 16.6. The van der Waals surface area contributed by atoms with Crippen molar-refractivity contribution in [3.63, 3.8) is 0 Å². The van der Waals surface area contributed by atoms with Gasteiger partial charge in [-0.05, 0) is 35.9 Å². The SMILES string of the molecule is CN1CC=C(c2ccncc2)N=C1N1CCOC(c2ccc(F)cc2Br)C1. The van der Waals surface area contributed by atoms with Crippen molar-refractivity contribution >= 4 is 27.6 Å². The molecule has 0 radical (unpaired) electrons. The van der Waals surface area contributed by atoms with Crippen LogP contribution in [-0.4, -0.2) is 54.0 Å². The van der Waals surface area contributed by atoms with Gasteiger partial charge in [0.25, 0.3) is 0 Å². The molecule has 3 heterocycles. The van der Waals surface area contributed by atoms with Crippen LogP contribution in [0.5, 0.6) is 0 Å². The molecule has 0 amide bonds. The molecule has 2 aliphatic heterocycles. The van der Waals surface area contributed by atoms with Gasteiger partial charge < -0.3 is 14.5 Å². The van der Waals surface area contributed by atoms with E-state index in [0.717, 1.165) is 40.3 Å². The molecule has 0 saturated carbocycles. The molecule has 1 atom stereocenters. The van der Waals surface area contributed by atoms with E-state index in [1.165, 1.54) is 12.1 Å². The number of rotatable bonds is 2. The van der Waals surface area contributed by atoms with Crippen LogP contribution in [0.2, 0.25) is 0 Å². The summed E-state index contributed by atoms with van der Waals surface area (Å²) in [6.07, 6.45) is 5.54. The molecule has 1 saturated heterocycles. The van der Waals surface area contributed by atoms with Gasteiger partial charge >= 0.3 is 0 Å².